The lowest BCUT2D eigenvalue weighted by molar-refractivity contribution is 0.309. The molecule has 0 fully saturated rings. The number of hydrogen-bond donors (Lipinski definition) is 1. The van der Waals surface area contributed by atoms with Crippen molar-refractivity contribution in [2.75, 3.05) is 20.3 Å². The van der Waals surface area contributed by atoms with E-state index in [0.29, 0.717) is 6.61 Å². The van der Waals surface area contributed by atoms with E-state index >= 15 is 0 Å². The van der Waals surface area contributed by atoms with E-state index in [9.17, 15) is 0 Å². The minimum atomic E-state index is 0.560. The molecule has 0 aromatic heterocycles. The van der Waals surface area contributed by atoms with E-state index in [1.165, 1.54) is 0 Å². The van der Waals surface area contributed by atoms with Gasteiger partial charge in [0.15, 0.2) is 0 Å². The fourth-order valence-electron chi connectivity index (χ4n) is 1.60. The second-order valence-corrected chi connectivity index (χ2v) is 4.54. The third kappa shape index (κ3) is 5.35. The fourth-order valence-corrected chi connectivity index (χ4v) is 1.60. The molecule has 106 valence electrons. The molecule has 0 heterocycles. The fraction of sp³-hybridized carbons (Fsp3) is 0.500. The molecule has 1 aromatic rings. The van der Waals surface area contributed by atoms with Gasteiger partial charge in [-0.2, -0.15) is 0 Å². The maximum absolute atomic E-state index is 5.84. The van der Waals surface area contributed by atoms with Crippen molar-refractivity contribution in [3.8, 4) is 11.5 Å². The molecule has 3 nitrogen and oxygen atoms in total. The van der Waals surface area contributed by atoms with E-state index in [1.807, 2.05) is 25.2 Å². The maximum atomic E-state index is 5.84. The quantitative estimate of drug-likeness (QED) is 0.691. The van der Waals surface area contributed by atoms with Gasteiger partial charge in [-0.25, -0.2) is 0 Å². The Labute approximate surface area is 116 Å². The van der Waals surface area contributed by atoms with E-state index in [-0.39, 0.29) is 0 Å². The Hall–Kier alpha value is -1.48. The smallest absolute Gasteiger partial charge is 0.127 e. The summed E-state index contributed by atoms with van der Waals surface area (Å²) in [5.41, 5.74) is 2.23. The lowest BCUT2D eigenvalue weighted by atomic mass is 10.2. The van der Waals surface area contributed by atoms with Gasteiger partial charge in [0.1, 0.15) is 18.1 Å². The molecule has 0 radical (unpaired) electrons. The van der Waals surface area contributed by atoms with Crippen LogP contribution in [0.4, 0.5) is 0 Å². The summed E-state index contributed by atoms with van der Waals surface area (Å²) in [5.74, 6) is 1.73. The van der Waals surface area contributed by atoms with Crippen molar-refractivity contribution in [2.45, 2.75) is 33.2 Å². The first-order valence-corrected chi connectivity index (χ1v) is 6.91. The van der Waals surface area contributed by atoms with E-state index in [2.05, 4.69) is 25.7 Å². The molecule has 0 unspecified atom stereocenters. The molecule has 19 heavy (non-hydrogen) atoms. The van der Waals surface area contributed by atoms with Crippen LogP contribution in [0.25, 0.3) is 0 Å². The molecule has 0 spiro atoms. The van der Waals surface area contributed by atoms with Crippen molar-refractivity contribution < 1.29 is 9.47 Å². The van der Waals surface area contributed by atoms with Crippen LogP contribution >= 0.6 is 0 Å². The van der Waals surface area contributed by atoms with Crippen LogP contribution in [0.5, 0.6) is 11.5 Å². The van der Waals surface area contributed by atoms with Gasteiger partial charge in [0, 0.05) is 18.2 Å². The number of nitrogens with one attached hydrogen (secondary N) is 1. The first kappa shape index (κ1) is 15.6. The van der Waals surface area contributed by atoms with Crippen LogP contribution < -0.4 is 14.8 Å². The summed E-state index contributed by atoms with van der Waals surface area (Å²) >= 11 is 0. The monoisotopic (exact) mass is 263 g/mol. The van der Waals surface area contributed by atoms with E-state index in [0.717, 1.165) is 48.6 Å². The molecular formula is C16H25NO2. The first-order chi connectivity index (χ1) is 9.21. The van der Waals surface area contributed by atoms with Crippen LogP contribution in [0.1, 0.15) is 32.3 Å². The van der Waals surface area contributed by atoms with Gasteiger partial charge in [-0.05, 0) is 31.5 Å². The normalized spacial score (nSPS) is 10.3. The Morgan fingerprint density at radius 2 is 2.05 bits per heavy atom. The zero-order valence-corrected chi connectivity index (χ0v) is 12.3. The highest BCUT2D eigenvalue weighted by Crippen LogP contribution is 2.25. The van der Waals surface area contributed by atoms with Gasteiger partial charge >= 0.3 is 0 Å². The van der Waals surface area contributed by atoms with E-state index < -0.39 is 0 Å². The second-order valence-electron chi connectivity index (χ2n) is 4.54. The lowest BCUT2D eigenvalue weighted by Crippen LogP contribution is -2.09. The van der Waals surface area contributed by atoms with Crippen molar-refractivity contribution in [1.82, 2.24) is 5.32 Å². The maximum Gasteiger partial charge on any atom is 0.127 e. The van der Waals surface area contributed by atoms with Crippen LogP contribution in [0, 0.1) is 0 Å². The molecule has 0 aliphatic heterocycles. The average Bonchev–Trinajstić information content (AvgIpc) is 2.44. The van der Waals surface area contributed by atoms with Gasteiger partial charge in [0.2, 0.25) is 0 Å². The Morgan fingerprint density at radius 1 is 1.26 bits per heavy atom. The summed E-state index contributed by atoms with van der Waals surface area (Å²) < 4.78 is 11.5. The second kappa shape index (κ2) is 8.59. The van der Waals surface area contributed by atoms with Crippen molar-refractivity contribution in [2.24, 2.45) is 0 Å². The molecule has 0 bridgehead atoms. The summed E-state index contributed by atoms with van der Waals surface area (Å²) in [5, 5.41) is 3.15. The standard InChI is InChI=1S/C16H25NO2/c1-5-9-18-15-8-7-14(11-17-4)16(10-15)19-12-13(3)6-2/h7-8,10,17H,3,5-6,9,11-12H2,1-2,4H3. The van der Waals surface area contributed by atoms with Crippen molar-refractivity contribution in [1.29, 1.82) is 0 Å². The highest BCUT2D eigenvalue weighted by Gasteiger charge is 2.06. The average molecular weight is 263 g/mol. The third-order valence-electron chi connectivity index (χ3n) is 2.81. The molecule has 1 rings (SSSR count). The number of hydrogen-bond acceptors (Lipinski definition) is 3. The van der Waals surface area contributed by atoms with Gasteiger partial charge in [-0.3, -0.25) is 0 Å². The molecule has 1 aromatic carbocycles. The molecular weight excluding hydrogens is 238 g/mol. The summed E-state index contributed by atoms with van der Waals surface area (Å²) in [6.45, 7) is 10.2. The molecule has 0 aliphatic rings. The van der Waals surface area contributed by atoms with Crippen LogP contribution in [0.15, 0.2) is 30.4 Å². The summed E-state index contributed by atoms with van der Waals surface area (Å²) in [7, 11) is 1.93. The SMILES string of the molecule is C=C(CC)COc1cc(OCCC)ccc1CNC. The molecule has 0 saturated heterocycles. The minimum Gasteiger partial charge on any atom is -0.493 e. The lowest BCUT2D eigenvalue weighted by Gasteiger charge is -2.14. The Bertz CT molecular complexity index is 402. The number of rotatable bonds is 9. The van der Waals surface area contributed by atoms with E-state index in [4.69, 9.17) is 9.47 Å². The zero-order chi connectivity index (χ0) is 14.1. The Kier molecular flexibility index (Phi) is 7.04. The molecule has 0 saturated carbocycles. The Balaban J connectivity index is 2.78. The molecule has 0 amide bonds. The number of ether oxygens (including phenoxy) is 2. The van der Waals surface area contributed by atoms with Gasteiger partial charge < -0.3 is 14.8 Å². The summed E-state index contributed by atoms with van der Waals surface area (Å²) in [4.78, 5) is 0. The molecule has 3 heteroatoms. The van der Waals surface area contributed by atoms with Crippen molar-refractivity contribution in [3.63, 3.8) is 0 Å². The first-order valence-electron chi connectivity index (χ1n) is 6.91. The topological polar surface area (TPSA) is 30.5 Å². The van der Waals surface area contributed by atoms with Gasteiger partial charge in [-0.15, -0.1) is 0 Å². The highest BCUT2D eigenvalue weighted by molar-refractivity contribution is 5.41. The largest absolute Gasteiger partial charge is 0.493 e. The van der Waals surface area contributed by atoms with Crippen LogP contribution in [0.3, 0.4) is 0 Å². The molecule has 0 aliphatic carbocycles. The van der Waals surface area contributed by atoms with Crippen molar-refractivity contribution in [3.05, 3.63) is 35.9 Å². The Morgan fingerprint density at radius 3 is 2.68 bits per heavy atom. The predicted molar refractivity (Wildman–Crippen MR) is 79.9 cm³/mol. The van der Waals surface area contributed by atoms with Gasteiger partial charge in [-0.1, -0.05) is 26.5 Å². The zero-order valence-electron chi connectivity index (χ0n) is 12.3. The van der Waals surface area contributed by atoms with Crippen LogP contribution in [-0.4, -0.2) is 20.3 Å². The molecule has 1 N–H and O–H groups in total. The predicted octanol–water partition coefficient (Wildman–Crippen LogP) is 3.54. The third-order valence-corrected chi connectivity index (χ3v) is 2.81. The number of benzene rings is 1. The minimum absolute atomic E-state index is 0.560. The highest BCUT2D eigenvalue weighted by atomic mass is 16.5. The molecule has 0 atom stereocenters. The van der Waals surface area contributed by atoms with Crippen molar-refractivity contribution >= 4 is 0 Å². The van der Waals surface area contributed by atoms with Gasteiger partial charge in [0.05, 0.1) is 6.61 Å². The van der Waals surface area contributed by atoms with Crippen LogP contribution in [0.2, 0.25) is 0 Å². The van der Waals surface area contributed by atoms with E-state index in [1.54, 1.807) is 0 Å². The summed E-state index contributed by atoms with van der Waals surface area (Å²) in [6, 6.07) is 6.00. The van der Waals surface area contributed by atoms with Crippen LogP contribution in [-0.2, 0) is 6.54 Å². The summed E-state index contributed by atoms with van der Waals surface area (Å²) in [6.07, 6.45) is 1.94. The van der Waals surface area contributed by atoms with Gasteiger partial charge in [0.25, 0.3) is 0 Å².